The van der Waals surface area contributed by atoms with Gasteiger partial charge in [0.05, 0.1) is 16.7 Å². The summed E-state index contributed by atoms with van der Waals surface area (Å²) in [6.45, 7) is 7.36. The van der Waals surface area contributed by atoms with Crippen LogP contribution in [0.2, 0.25) is 0 Å². The van der Waals surface area contributed by atoms with Gasteiger partial charge >= 0.3 is 0 Å². The second-order valence-electron chi connectivity index (χ2n) is 4.20. The van der Waals surface area contributed by atoms with Gasteiger partial charge in [-0.05, 0) is 13.3 Å². The number of hydrogen-bond donors (Lipinski definition) is 2. The summed E-state index contributed by atoms with van der Waals surface area (Å²) in [6.07, 6.45) is 3.77. The number of hydrogen-bond acceptors (Lipinski definition) is 4. The van der Waals surface area contributed by atoms with Gasteiger partial charge in [0, 0.05) is 0 Å². The summed E-state index contributed by atoms with van der Waals surface area (Å²) in [4.78, 5) is 22.8. The van der Waals surface area contributed by atoms with E-state index in [0.717, 1.165) is 17.3 Å². The lowest BCUT2D eigenvalue weighted by Gasteiger charge is -2.22. The Balaban J connectivity index is 3.25. The third kappa shape index (κ3) is 2.67. The van der Waals surface area contributed by atoms with Crippen LogP contribution in [0, 0.1) is 0 Å². The smallest absolute Gasteiger partial charge is 0.222 e. The number of aliphatic hydroxyl groups excluding tert-OH is 1. The Bertz CT molecular complexity index is 465. The quantitative estimate of drug-likeness (QED) is 0.748. The molecule has 0 aromatic carbocycles. The van der Waals surface area contributed by atoms with Crippen LogP contribution in [0.15, 0.2) is 35.6 Å². The monoisotopic (exact) mass is 267 g/mol. The van der Waals surface area contributed by atoms with Crippen LogP contribution >= 0.6 is 11.8 Å². The standard InChI is InChI=1S/C13H17NO3S/c1-4-8(3)7-13(5-2)11(16)9(6-10(14)15)12(17)18-13/h4,7,16H,1,5-6H2,2-3H3,(H2,14,15). The van der Waals surface area contributed by atoms with Crippen molar-refractivity contribution in [2.45, 2.75) is 31.4 Å². The molecule has 5 heteroatoms. The lowest BCUT2D eigenvalue weighted by molar-refractivity contribution is -0.118. The van der Waals surface area contributed by atoms with Crippen LogP contribution in [0.1, 0.15) is 26.7 Å². The zero-order valence-electron chi connectivity index (χ0n) is 10.5. The van der Waals surface area contributed by atoms with Crippen molar-refractivity contribution in [1.82, 2.24) is 0 Å². The van der Waals surface area contributed by atoms with E-state index in [1.807, 2.05) is 13.8 Å². The van der Waals surface area contributed by atoms with Crippen molar-refractivity contribution in [2.75, 3.05) is 0 Å². The van der Waals surface area contributed by atoms with Crippen LogP contribution in [0.5, 0.6) is 0 Å². The fourth-order valence-corrected chi connectivity index (χ4v) is 3.06. The van der Waals surface area contributed by atoms with Gasteiger partial charge in [-0.3, -0.25) is 9.59 Å². The Kier molecular flexibility index (Phi) is 4.40. The highest BCUT2D eigenvalue weighted by atomic mass is 32.2. The Morgan fingerprint density at radius 1 is 1.61 bits per heavy atom. The van der Waals surface area contributed by atoms with Gasteiger partial charge in [-0.2, -0.15) is 0 Å². The van der Waals surface area contributed by atoms with E-state index >= 15 is 0 Å². The van der Waals surface area contributed by atoms with Crippen molar-refractivity contribution in [1.29, 1.82) is 0 Å². The van der Waals surface area contributed by atoms with E-state index < -0.39 is 10.7 Å². The predicted molar refractivity (Wildman–Crippen MR) is 73.0 cm³/mol. The van der Waals surface area contributed by atoms with E-state index in [2.05, 4.69) is 6.58 Å². The van der Waals surface area contributed by atoms with E-state index in [1.165, 1.54) is 0 Å². The molecule has 1 atom stereocenters. The molecule has 98 valence electrons. The van der Waals surface area contributed by atoms with Crippen molar-refractivity contribution >= 4 is 22.8 Å². The number of nitrogens with two attached hydrogens (primary N) is 1. The fourth-order valence-electron chi connectivity index (χ4n) is 1.82. The highest BCUT2D eigenvalue weighted by molar-refractivity contribution is 8.16. The summed E-state index contributed by atoms with van der Waals surface area (Å²) in [6, 6.07) is 0. The molecule has 0 fully saturated rings. The third-order valence-corrected chi connectivity index (χ3v) is 4.26. The van der Waals surface area contributed by atoms with Gasteiger partial charge < -0.3 is 10.8 Å². The van der Waals surface area contributed by atoms with E-state index in [0.29, 0.717) is 6.42 Å². The minimum atomic E-state index is -0.792. The second kappa shape index (κ2) is 5.44. The Labute approximate surface area is 111 Å². The highest BCUT2D eigenvalue weighted by Crippen LogP contribution is 2.47. The molecule has 1 unspecified atom stereocenters. The van der Waals surface area contributed by atoms with Crippen molar-refractivity contribution in [2.24, 2.45) is 5.73 Å². The Morgan fingerprint density at radius 2 is 2.22 bits per heavy atom. The molecule has 0 spiro atoms. The van der Waals surface area contributed by atoms with Gasteiger partial charge in [-0.25, -0.2) is 0 Å². The van der Waals surface area contributed by atoms with Gasteiger partial charge in [-0.15, -0.1) is 0 Å². The molecule has 4 nitrogen and oxygen atoms in total. The largest absolute Gasteiger partial charge is 0.510 e. The summed E-state index contributed by atoms with van der Waals surface area (Å²) < 4.78 is -0.792. The van der Waals surface area contributed by atoms with E-state index in [1.54, 1.807) is 12.2 Å². The number of amides is 1. The molecule has 1 rings (SSSR count). The first-order chi connectivity index (χ1) is 8.36. The lowest BCUT2D eigenvalue weighted by atomic mass is 9.96. The molecule has 0 saturated carbocycles. The summed E-state index contributed by atoms with van der Waals surface area (Å²) in [5.74, 6) is -0.679. The van der Waals surface area contributed by atoms with Crippen LogP contribution in [0.3, 0.4) is 0 Å². The number of carbonyl (C=O) groups excluding carboxylic acids is 2. The minimum Gasteiger partial charge on any atom is -0.510 e. The van der Waals surface area contributed by atoms with Gasteiger partial charge in [0.2, 0.25) is 11.0 Å². The van der Waals surface area contributed by atoms with Crippen molar-refractivity contribution in [3.63, 3.8) is 0 Å². The maximum atomic E-state index is 11.8. The summed E-state index contributed by atoms with van der Waals surface area (Å²) >= 11 is 1.02. The minimum absolute atomic E-state index is 0.0556. The van der Waals surface area contributed by atoms with E-state index in [9.17, 15) is 14.7 Å². The van der Waals surface area contributed by atoms with Gasteiger partial charge in [0.1, 0.15) is 5.76 Å². The molecule has 0 aromatic heterocycles. The summed E-state index contributed by atoms with van der Waals surface area (Å²) in [5, 5.41) is 9.92. The molecule has 1 aliphatic rings. The lowest BCUT2D eigenvalue weighted by Crippen LogP contribution is -2.22. The van der Waals surface area contributed by atoms with Crippen molar-refractivity contribution in [3.8, 4) is 0 Å². The molecule has 3 N–H and O–H groups in total. The average Bonchev–Trinajstić information content (AvgIpc) is 2.53. The number of primary amides is 1. The molecule has 1 aliphatic heterocycles. The molecule has 1 heterocycles. The molecule has 0 radical (unpaired) electrons. The molecule has 0 aliphatic carbocycles. The Hall–Kier alpha value is -1.49. The third-order valence-electron chi connectivity index (χ3n) is 2.87. The normalized spacial score (nSPS) is 24.6. The molecular weight excluding hydrogens is 250 g/mol. The van der Waals surface area contributed by atoms with Crippen LogP contribution in [0.25, 0.3) is 0 Å². The first-order valence-electron chi connectivity index (χ1n) is 5.62. The highest BCUT2D eigenvalue weighted by Gasteiger charge is 2.44. The number of rotatable bonds is 5. The van der Waals surface area contributed by atoms with Crippen molar-refractivity contribution < 1.29 is 14.7 Å². The second-order valence-corrected chi connectivity index (χ2v) is 5.50. The number of carbonyl (C=O) groups is 2. The van der Waals surface area contributed by atoms with Crippen LogP contribution in [-0.2, 0) is 9.59 Å². The Morgan fingerprint density at radius 3 is 2.67 bits per heavy atom. The summed E-state index contributed by atoms with van der Waals surface area (Å²) in [5.41, 5.74) is 6.06. The molecule has 1 amide bonds. The average molecular weight is 267 g/mol. The molecular formula is C13H17NO3S. The maximum Gasteiger partial charge on any atom is 0.222 e. The zero-order chi connectivity index (χ0) is 13.9. The predicted octanol–water partition coefficient (Wildman–Crippen LogP) is 2.23. The van der Waals surface area contributed by atoms with Crippen LogP contribution in [0.4, 0.5) is 0 Å². The van der Waals surface area contributed by atoms with E-state index in [-0.39, 0.29) is 22.9 Å². The SMILES string of the molecule is C=CC(C)=CC1(CC)SC(=O)C(CC(N)=O)=C1O. The molecule has 18 heavy (non-hydrogen) atoms. The number of allylic oxidation sites excluding steroid dienone is 2. The summed E-state index contributed by atoms with van der Waals surface area (Å²) in [7, 11) is 0. The fraction of sp³-hybridized carbons (Fsp3) is 0.385. The molecule has 0 aromatic rings. The first-order valence-corrected chi connectivity index (χ1v) is 6.44. The van der Waals surface area contributed by atoms with Gasteiger partial charge in [0.15, 0.2) is 0 Å². The van der Waals surface area contributed by atoms with Crippen LogP contribution in [-0.4, -0.2) is 20.9 Å². The first kappa shape index (κ1) is 14.6. The molecule has 0 saturated heterocycles. The number of thioether (sulfide) groups is 1. The number of aliphatic hydroxyl groups is 1. The van der Waals surface area contributed by atoms with Gasteiger partial charge in [-0.1, -0.05) is 43.0 Å². The van der Waals surface area contributed by atoms with E-state index in [4.69, 9.17) is 5.73 Å². The molecule has 0 bridgehead atoms. The topological polar surface area (TPSA) is 80.4 Å². The van der Waals surface area contributed by atoms with Gasteiger partial charge in [0.25, 0.3) is 0 Å². The van der Waals surface area contributed by atoms with Crippen molar-refractivity contribution in [3.05, 3.63) is 35.6 Å². The zero-order valence-corrected chi connectivity index (χ0v) is 11.3. The maximum absolute atomic E-state index is 11.8. The van der Waals surface area contributed by atoms with Crippen LogP contribution < -0.4 is 5.73 Å².